The number of anilines is 1. The fourth-order valence-electron chi connectivity index (χ4n) is 5.82. The number of rotatable bonds is 10. The number of β-lactam (4-membered cyclic amide) rings is 1. The maximum Gasteiger partial charge on any atom is 1.00 e. The number of carboxylic acids is 2. The van der Waals surface area contributed by atoms with E-state index in [1.807, 2.05) is 0 Å². The van der Waals surface area contributed by atoms with Crippen molar-refractivity contribution in [3.8, 4) is 0 Å². The number of benzene rings is 1. The van der Waals surface area contributed by atoms with Crippen LogP contribution < -0.4 is 85.0 Å². The average molecular weight is 693 g/mol. The van der Waals surface area contributed by atoms with Crippen molar-refractivity contribution >= 4 is 64.1 Å². The van der Waals surface area contributed by atoms with Gasteiger partial charge in [0, 0.05) is 36.5 Å². The second-order valence-corrected chi connectivity index (χ2v) is 13.6. The number of aromatic carboxylic acids is 1. The molecule has 1 aromatic carbocycles. The molecule has 2 amide bonds. The Morgan fingerprint density at radius 3 is 2.52 bits per heavy atom. The first kappa shape index (κ1) is 37.1. The molecule has 1 unspecified atom stereocenters. The van der Waals surface area contributed by atoms with Crippen molar-refractivity contribution in [1.29, 1.82) is 0 Å². The van der Waals surface area contributed by atoms with E-state index in [2.05, 4.69) is 5.32 Å². The first-order valence-electron chi connectivity index (χ1n) is 14.0. The number of carbonyl (C=O) groups is 4. The molecule has 6 rings (SSSR count). The van der Waals surface area contributed by atoms with Crippen LogP contribution in [0.3, 0.4) is 0 Å². The number of fused-ring (bicyclic) bond motifs is 2. The van der Waals surface area contributed by atoms with Crippen molar-refractivity contribution in [2.75, 3.05) is 30.3 Å². The molecule has 234 valence electrons. The minimum absolute atomic E-state index is 0. The molecule has 2 aromatic rings. The molecular weight excluding hydrogens is 665 g/mol. The van der Waals surface area contributed by atoms with E-state index in [0.717, 1.165) is 47.3 Å². The molecule has 1 saturated carbocycles. The Balaban J connectivity index is 0.00000240. The van der Waals surface area contributed by atoms with Crippen molar-refractivity contribution < 1.29 is 103 Å². The number of nitrogens with one attached hydrogen (secondary N) is 1. The molecule has 13 nitrogen and oxygen atoms in total. The predicted octanol–water partition coefficient (Wildman–Crippen LogP) is -6.28. The summed E-state index contributed by atoms with van der Waals surface area (Å²) in [6.07, 6.45) is 1.75. The van der Waals surface area contributed by atoms with Crippen LogP contribution in [0.4, 0.5) is 14.9 Å². The van der Waals surface area contributed by atoms with Crippen molar-refractivity contribution in [2.45, 2.75) is 49.7 Å². The zero-order valence-electron chi connectivity index (χ0n) is 25.3. The smallest absolute Gasteiger partial charge is 0.545 e. The first-order chi connectivity index (χ1) is 21.0. The van der Waals surface area contributed by atoms with E-state index in [4.69, 9.17) is 4.74 Å². The van der Waals surface area contributed by atoms with Crippen LogP contribution in [0.1, 0.15) is 42.6 Å². The normalized spacial score (nSPS) is 22.5. The summed E-state index contributed by atoms with van der Waals surface area (Å²) in [5, 5.41) is 35.2. The zero-order valence-corrected chi connectivity index (χ0v) is 31.0. The molecule has 1 aliphatic carbocycles. The van der Waals surface area contributed by atoms with Gasteiger partial charge in [0.2, 0.25) is 5.91 Å². The van der Waals surface area contributed by atoms with Crippen molar-refractivity contribution in [3.63, 3.8) is 0 Å². The summed E-state index contributed by atoms with van der Waals surface area (Å²) in [4.78, 5) is 63.4. The number of carboxylic acid groups (broad SMARTS) is 2. The molecular formula is C28H27FN4Na2O9S2. The van der Waals surface area contributed by atoms with E-state index in [1.54, 1.807) is 9.47 Å². The maximum atomic E-state index is 15.2. The molecule has 4 aliphatic rings. The summed E-state index contributed by atoms with van der Waals surface area (Å²) in [5.41, 5.74) is -0.891. The molecule has 0 radical (unpaired) electrons. The number of aliphatic hydroxyl groups is 1. The van der Waals surface area contributed by atoms with Gasteiger partial charge in [0.25, 0.3) is 0 Å². The molecule has 46 heavy (non-hydrogen) atoms. The molecule has 3 fully saturated rings. The van der Waals surface area contributed by atoms with Crippen LogP contribution in [0, 0.1) is 11.7 Å². The summed E-state index contributed by atoms with van der Waals surface area (Å²) < 4.78 is 22.5. The fraction of sp³-hybridized carbons (Fsp3) is 0.464. The quantitative estimate of drug-likeness (QED) is 0.137. The van der Waals surface area contributed by atoms with Gasteiger partial charge >= 0.3 is 65.2 Å². The Morgan fingerprint density at radius 1 is 1.17 bits per heavy atom. The van der Waals surface area contributed by atoms with E-state index >= 15 is 4.39 Å². The Kier molecular flexibility index (Phi) is 11.9. The number of nitrogens with zero attached hydrogens (tertiary/aromatic N) is 3. The molecule has 2 N–H and O–H groups in total. The Bertz CT molecular complexity index is 1690. The molecule has 1 aromatic heterocycles. The number of amides is 2. The zero-order chi connectivity index (χ0) is 31.4. The van der Waals surface area contributed by atoms with Gasteiger partial charge in [-0.1, -0.05) is 11.8 Å². The van der Waals surface area contributed by atoms with E-state index in [1.165, 1.54) is 19.2 Å². The number of aliphatic hydroxyl groups excluding tert-OH is 1. The molecule has 18 heteroatoms. The molecule has 0 spiro atoms. The van der Waals surface area contributed by atoms with Gasteiger partial charge in [0.1, 0.15) is 17.8 Å². The second-order valence-electron chi connectivity index (χ2n) is 11.1. The Hall–Kier alpha value is -1.76. The molecule has 0 bridgehead atoms. The van der Waals surface area contributed by atoms with Crippen LogP contribution in [0.15, 0.2) is 33.1 Å². The van der Waals surface area contributed by atoms with Crippen molar-refractivity contribution in [1.82, 2.24) is 14.8 Å². The van der Waals surface area contributed by atoms with Crippen LogP contribution in [-0.4, -0.2) is 81.5 Å². The number of pyridine rings is 1. The number of aliphatic carboxylic acids is 1. The number of hydrogen-bond donors (Lipinski definition) is 2. The third kappa shape index (κ3) is 7.01. The number of ether oxygens (including phenoxy) is 1. The third-order valence-electron chi connectivity index (χ3n) is 8.12. The topological polar surface area (TPSA) is 184 Å². The number of carbonyl (C=O) groups excluding carboxylic acids is 4. The third-order valence-corrected chi connectivity index (χ3v) is 10.7. The van der Waals surface area contributed by atoms with Crippen LogP contribution >= 0.6 is 23.5 Å². The molecule has 2 saturated heterocycles. The van der Waals surface area contributed by atoms with Crippen LogP contribution in [0.2, 0.25) is 0 Å². The van der Waals surface area contributed by atoms with E-state index in [0.29, 0.717) is 22.7 Å². The molecule has 3 aliphatic heterocycles. The summed E-state index contributed by atoms with van der Waals surface area (Å²) in [5.74, 6) is -4.76. The Labute approximate surface area is 314 Å². The minimum Gasteiger partial charge on any atom is -0.545 e. The average Bonchev–Trinajstić information content (AvgIpc) is 3.61. The first-order valence-corrected chi connectivity index (χ1v) is 15.9. The largest absolute Gasteiger partial charge is 1.00 e. The van der Waals surface area contributed by atoms with Gasteiger partial charge in [0.05, 0.1) is 56.7 Å². The van der Waals surface area contributed by atoms with Gasteiger partial charge in [-0.05, 0) is 38.3 Å². The van der Waals surface area contributed by atoms with E-state index in [9.17, 15) is 39.3 Å². The van der Waals surface area contributed by atoms with Gasteiger partial charge in [0.15, 0.2) is 5.43 Å². The minimum atomic E-state index is -1.61. The van der Waals surface area contributed by atoms with Crippen LogP contribution in [0.5, 0.6) is 0 Å². The predicted molar refractivity (Wildman–Crippen MR) is 154 cm³/mol. The SMILES string of the molecule is C[C@@H](O)[C@@H]1C(=O)N2C(C(=O)[O-])=C(SCCOC(=O)NC3CCN(c4cc5c(cc4F)c(=O)c(C(=O)[O-])cn5C4CC4)C3)S[C@H]12.[Na+].[Na+]. The fourth-order valence-corrected chi connectivity index (χ4v) is 8.62. The molecule has 4 heterocycles. The van der Waals surface area contributed by atoms with Gasteiger partial charge in [-0.3, -0.25) is 14.5 Å². The van der Waals surface area contributed by atoms with Gasteiger partial charge in [-0.15, -0.1) is 11.8 Å². The number of hydrogen-bond acceptors (Lipinski definition) is 12. The van der Waals surface area contributed by atoms with Crippen molar-refractivity contribution in [2.24, 2.45) is 5.92 Å². The van der Waals surface area contributed by atoms with E-state index < -0.39 is 58.1 Å². The molecule has 4 atom stereocenters. The van der Waals surface area contributed by atoms with Crippen LogP contribution in [-0.2, 0) is 14.3 Å². The summed E-state index contributed by atoms with van der Waals surface area (Å²) in [6, 6.07) is 2.25. The Morgan fingerprint density at radius 2 is 1.89 bits per heavy atom. The number of halogens is 1. The summed E-state index contributed by atoms with van der Waals surface area (Å²) in [6.45, 7) is 2.10. The van der Waals surface area contributed by atoms with Gasteiger partial charge < -0.3 is 44.4 Å². The van der Waals surface area contributed by atoms with Gasteiger partial charge in [-0.2, -0.15) is 0 Å². The van der Waals surface area contributed by atoms with Crippen LogP contribution in [0.25, 0.3) is 10.9 Å². The standard InChI is InChI=1S/C28H29FN4O9S2.2Na/c1-12(34)20-23(36)33-21(26(39)40)27(44-24(20)33)43-7-6-42-28(41)30-13-4-5-31(10-13)19-9-18-15(8-17(19)29)22(35)16(25(37)38)11-32(18)14-2-3-14;;/h8-9,11-14,20,24,34H,2-7,10H2,1H3,(H,30,41)(H,37,38)(H,39,40);;/q;2*+1/p-2/t12-,13?,20-,24-;;/m1../s1. The monoisotopic (exact) mass is 692 g/mol. The second kappa shape index (κ2) is 14.8. The van der Waals surface area contributed by atoms with Crippen molar-refractivity contribution in [3.05, 3.63) is 49.9 Å². The maximum absolute atomic E-state index is 15.2. The number of alkyl carbamates (subject to hydrolysis) is 1. The summed E-state index contributed by atoms with van der Waals surface area (Å²) in [7, 11) is 0. The number of aromatic nitrogens is 1. The van der Waals surface area contributed by atoms with Gasteiger partial charge in [-0.25, -0.2) is 9.18 Å². The summed E-state index contributed by atoms with van der Waals surface area (Å²) >= 11 is 2.27. The van der Waals surface area contributed by atoms with E-state index in [-0.39, 0.29) is 107 Å². The number of thioether (sulfide) groups is 2.